The molecule has 0 aliphatic rings. The number of carbonyl (C=O) groups is 1. The van der Waals surface area contributed by atoms with Gasteiger partial charge in [-0.3, -0.25) is 4.79 Å². The Bertz CT molecular complexity index is 664. The molecule has 0 aliphatic heterocycles. The van der Waals surface area contributed by atoms with Crippen LogP contribution < -0.4 is 15.8 Å². The van der Waals surface area contributed by atoms with Crippen LogP contribution in [0, 0.1) is 0 Å². The normalized spacial score (nSPS) is 11.8. The summed E-state index contributed by atoms with van der Waals surface area (Å²) < 4.78 is 6.41. The van der Waals surface area contributed by atoms with Gasteiger partial charge in [-0.25, -0.2) is 0 Å². The van der Waals surface area contributed by atoms with E-state index in [1.807, 2.05) is 0 Å². The van der Waals surface area contributed by atoms with Gasteiger partial charge in [0.05, 0.1) is 16.4 Å². The van der Waals surface area contributed by atoms with Crippen LogP contribution in [-0.2, 0) is 4.79 Å². The highest BCUT2D eigenvalue weighted by Crippen LogP contribution is 2.28. The lowest BCUT2D eigenvalue weighted by Gasteiger charge is -2.16. The number of rotatable bonds is 4. The van der Waals surface area contributed by atoms with Gasteiger partial charge in [-0.05, 0) is 37.3 Å². The lowest BCUT2D eigenvalue weighted by molar-refractivity contribution is -0.122. The highest BCUT2D eigenvalue weighted by atomic mass is 79.9. The number of benzene rings is 2. The van der Waals surface area contributed by atoms with Gasteiger partial charge in [0.2, 0.25) is 0 Å². The summed E-state index contributed by atoms with van der Waals surface area (Å²) in [7, 11) is 0. The van der Waals surface area contributed by atoms with Crippen LogP contribution in [0.1, 0.15) is 6.92 Å². The van der Waals surface area contributed by atoms with Crippen LogP contribution in [0.4, 0.5) is 11.4 Å². The number of nitrogen functional groups attached to an aromatic ring is 1. The lowest BCUT2D eigenvalue weighted by Crippen LogP contribution is -2.30. The van der Waals surface area contributed by atoms with E-state index >= 15 is 0 Å². The Kier molecular flexibility index (Phi) is 5.09. The van der Waals surface area contributed by atoms with Crippen molar-refractivity contribution >= 4 is 44.8 Å². The van der Waals surface area contributed by atoms with Gasteiger partial charge in [0.1, 0.15) is 5.75 Å². The Morgan fingerprint density at radius 2 is 2.05 bits per heavy atom. The molecule has 0 aromatic heterocycles. The SMILES string of the molecule is CC(Oc1ccc(Br)cc1Cl)C(=O)Nc1ccccc1N. The molecule has 0 saturated heterocycles. The van der Waals surface area contributed by atoms with Crippen molar-refractivity contribution in [3.05, 3.63) is 52.0 Å². The Labute approximate surface area is 136 Å². The third-order valence-electron chi connectivity index (χ3n) is 2.79. The molecule has 6 heteroatoms. The summed E-state index contributed by atoms with van der Waals surface area (Å²) in [5, 5.41) is 3.15. The fourth-order valence-corrected chi connectivity index (χ4v) is 2.38. The molecule has 0 radical (unpaired) electrons. The van der Waals surface area contributed by atoms with Gasteiger partial charge >= 0.3 is 0 Å². The molecule has 1 amide bonds. The number of anilines is 2. The first kappa shape index (κ1) is 15.7. The van der Waals surface area contributed by atoms with E-state index in [4.69, 9.17) is 22.1 Å². The predicted molar refractivity (Wildman–Crippen MR) is 88.7 cm³/mol. The van der Waals surface area contributed by atoms with E-state index in [-0.39, 0.29) is 5.91 Å². The minimum Gasteiger partial charge on any atom is -0.479 e. The molecule has 0 bridgehead atoms. The summed E-state index contributed by atoms with van der Waals surface area (Å²) in [4.78, 5) is 12.1. The van der Waals surface area contributed by atoms with E-state index in [0.717, 1.165) is 4.47 Å². The fraction of sp³-hybridized carbons (Fsp3) is 0.133. The first-order chi connectivity index (χ1) is 9.97. The topological polar surface area (TPSA) is 64.3 Å². The number of hydrogen-bond acceptors (Lipinski definition) is 3. The minimum absolute atomic E-state index is 0.299. The first-order valence-corrected chi connectivity index (χ1v) is 7.41. The number of carbonyl (C=O) groups excluding carboxylic acids is 1. The van der Waals surface area contributed by atoms with E-state index in [2.05, 4.69) is 21.2 Å². The number of para-hydroxylation sites is 2. The molecule has 2 rings (SSSR count). The zero-order chi connectivity index (χ0) is 15.4. The maximum atomic E-state index is 12.1. The molecule has 1 atom stereocenters. The Morgan fingerprint density at radius 3 is 2.71 bits per heavy atom. The second-order valence-corrected chi connectivity index (χ2v) is 5.73. The minimum atomic E-state index is -0.705. The van der Waals surface area contributed by atoms with E-state index < -0.39 is 6.10 Å². The van der Waals surface area contributed by atoms with E-state index in [0.29, 0.717) is 22.1 Å². The van der Waals surface area contributed by atoms with Crippen molar-refractivity contribution in [2.75, 3.05) is 11.1 Å². The van der Waals surface area contributed by atoms with Crippen LogP contribution in [0.15, 0.2) is 46.9 Å². The van der Waals surface area contributed by atoms with Gasteiger partial charge < -0.3 is 15.8 Å². The van der Waals surface area contributed by atoms with E-state index in [9.17, 15) is 4.79 Å². The largest absolute Gasteiger partial charge is 0.479 e. The monoisotopic (exact) mass is 368 g/mol. The number of hydrogen-bond donors (Lipinski definition) is 2. The quantitative estimate of drug-likeness (QED) is 0.798. The van der Waals surface area contributed by atoms with Crippen molar-refractivity contribution in [1.82, 2.24) is 0 Å². The molecule has 4 nitrogen and oxygen atoms in total. The Balaban J connectivity index is 2.04. The Morgan fingerprint density at radius 1 is 1.33 bits per heavy atom. The van der Waals surface area contributed by atoms with Crippen molar-refractivity contribution < 1.29 is 9.53 Å². The summed E-state index contributed by atoms with van der Waals surface area (Å²) in [6.45, 7) is 1.65. The summed E-state index contributed by atoms with van der Waals surface area (Å²) in [6.07, 6.45) is -0.705. The maximum absolute atomic E-state index is 12.1. The zero-order valence-corrected chi connectivity index (χ0v) is 13.6. The average Bonchev–Trinajstić information content (AvgIpc) is 2.44. The van der Waals surface area contributed by atoms with Crippen LogP contribution >= 0.6 is 27.5 Å². The number of nitrogens with one attached hydrogen (secondary N) is 1. The standard InChI is InChI=1S/C15H14BrClN2O2/c1-9(21-14-7-6-10(16)8-11(14)17)15(20)19-13-5-3-2-4-12(13)18/h2-9H,18H2,1H3,(H,19,20). The molecule has 3 N–H and O–H groups in total. The summed E-state index contributed by atoms with van der Waals surface area (Å²) in [5.41, 5.74) is 6.84. The highest BCUT2D eigenvalue weighted by Gasteiger charge is 2.17. The molecule has 2 aromatic carbocycles. The molecule has 21 heavy (non-hydrogen) atoms. The molecule has 2 aromatic rings. The number of ether oxygens (including phenoxy) is 1. The third kappa shape index (κ3) is 4.12. The highest BCUT2D eigenvalue weighted by molar-refractivity contribution is 9.10. The second kappa shape index (κ2) is 6.83. The molecule has 1 unspecified atom stereocenters. The molecule has 0 saturated carbocycles. The maximum Gasteiger partial charge on any atom is 0.265 e. The van der Waals surface area contributed by atoms with Crippen LogP contribution in [0.5, 0.6) is 5.75 Å². The number of halogens is 2. The zero-order valence-electron chi connectivity index (χ0n) is 11.3. The molecule has 0 heterocycles. The van der Waals surface area contributed by atoms with Crippen LogP contribution in [0.25, 0.3) is 0 Å². The third-order valence-corrected chi connectivity index (χ3v) is 3.57. The summed E-state index contributed by atoms with van der Waals surface area (Å²) in [5.74, 6) is 0.149. The number of nitrogens with two attached hydrogens (primary N) is 1. The smallest absolute Gasteiger partial charge is 0.265 e. The molecular weight excluding hydrogens is 356 g/mol. The first-order valence-electron chi connectivity index (χ1n) is 6.24. The average molecular weight is 370 g/mol. The van der Waals surface area contributed by atoms with Gasteiger partial charge in [-0.15, -0.1) is 0 Å². The summed E-state index contributed by atoms with van der Waals surface area (Å²) >= 11 is 9.37. The van der Waals surface area contributed by atoms with Crippen molar-refractivity contribution in [3.8, 4) is 5.75 Å². The van der Waals surface area contributed by atoms with Crippen molar-refractivity contribution in [1.29, 1.82) is 0 Å². The molecule has 0 aliphatic carbocycles. The van der Waals surface area contributed by atoms with Crippen LogP contribution in [-0.4, -0.2) is 12.0 Å². The van der Waals surface area contributed by atoms with Gasteiger partial charge in [-0.1, -0.05) is 39.7 Å². The molecular formula is C15H14BrClN2O2. The number of amides is 1. The van der Waals surface area contributed by atoms with E-state index in [1.165, 1.54) is 0 Å². The van der Waals surface area contributed by atoms with Gasteiger partial charge in [0.25, 0.3) is 5.91 Å². The van der Waals surface area contributed by atoms with Crippen LogP contribution in [0.3, 0.4) is 0 Å². The van der Waals surface area contributed by atoms with Crippen molar-refractivity contribution in [3.63, 3.8) is 0 Å². The fourth-order valence-electron chi connectivity index (χ4n) is 1.66. The van der Waals surface area contributed by atoms with Gasteiger partial charge in [0.15, 0.2) is 6.10 Å². The molecule has 0 spiro atoms. The van der Waals surface area contributed by atoms with Gasteiger partial charge in [0, 0.05) is 4.47 Å². The van der Waals surface area contributed by atoms with Crippen LogP contribution in [0.2, 0.25) is 5.02 Å². The van der Waals surface area contributed by atoms with Crippen molar-refractivity contribution in [2.24, 2.45) is 0 Å². The second-order valence-electron chi connectivity index (χ2n) is 4.41. The lowest BCUT2D eigenvalue weighted by atomic mass is 10.2. The van der Waals surface area contributed by atoms with Crippen molar-refractivity contribution in [2.45, 2.75) is 13.0 Å². The van der Waals surface area contributed by atoms with Gasteiger partial charge in [-0.2, -0.15) is 0 Å². The molecule has 110 valence electrons. The summed E-state index contributed by atoms with van der Waals surface area (Å²) in [6, 6.07) is 12.2. The predicted octanol–water partition coefficient (Wildman–Crippen LogP) is 4.09. The van der Waals surface area contributed by atoms with E-state index in [1.54, 1.807) is 49.4 Å². The Hall–Kier alpha value is -1.72. The molecule has 0 fully saturated rings.